The van der Waals surface area contributed by atoms with Crippen LogP contribution < -0.4 is 10.1 Å². The zero-order chi connectivity index (χ0) is 15.5. The summed E-state index contributed by atoms with van der Waals surface area (Å²) < 4.78 is 36.6. The number of sulfonamides is 1. The molecule has 118 valence electrons. The molecule has 0 aliphatic carbocycles. The summed E-state index contributed by atoms with van der Waals surface area (Å²) in [6, 6.07) is 1.40. The van der Waals surface area contributed by atoms with Gasteiger partial charge in [0.15, 0.2) is 9.96 Å². The van der Waals surface area contributed by atoms with E-state index in [2.05, 4.69) is 10.1 Å². The van der Waals surface area contributed by atoms with E-state index in [0.717, 1.165) is 24.3 Å². The van der Waals surface area contributed by atoms with Crippen LogP contribution in [0.1, 0.15) is 16.1 Å². The van der Waals surface area contributed by atoms with E-state index in [1.54, 1.807) is 0 Å². The standard InChI is InChI=1S/C12H18N2O5S2/c1-18-9-8-10(11(15)19-2)20-12(9)21(16,17)14-6-3-4-13-5-7-14/h8,13H,3-7H2,1-2H3. The SMILES string of the molecule is COC(=O)c1cc(OC)c(S(=O)(=O)N2CCCNCC2)s1. The maximum absolute atomic E-state index is 12.7. The molecule has 0 amide bonds. The summed E-state index contributed by atoms with van der Waals surface area (Å²) in [7, 11) is -1.04. The predicted molar refractivity (Wildman–Crippen MR) is 78.5 cm³/mol. The third-order valence-corrected chi connectivity index (χ3v) is 6.63. The Balaban J connectivity index is 2.38. The lowest BCUT2D eigenvalue weighted by molar-refractivity contribution is 0.0606. The molecule has 0 spiro atoms. The number of rotatable bonds is 4. The minimum absolute atomic E-state index is 0.0484. The molecule has 1 saturated heterocycles. The number of esters is 1. The van der Waals surface area contributed by atoms with Crippen LogP contribution in [-0.2, 0) is 14.8 Å². The fourth-order valence-electron chi connectivity index (χ4n) is 2.06. The molecule has 0 unspecified atom stereocenters. The van der Waals surface area contributed by atoms with Gasteiger partial charge in [-0.2, -0.15) is 4.31 Å². The average molecular weight is 334 g/mol. The molecule has 21 heavy (non-hydrogen) atoms. The first-order chi connectivity index (χ1) is 10.0. The molecule has 7 nitrogen and oxygen atoms in total. The van der Waals surface area contributed by atoms with E-state index < -0.39 is 16.0 Å². The Hall–Kier alpha value is -1.16. The smallest absolute Gasteiger partial charge is 0.348 e. The highest BCUT2D eigenvalue weighted by Gasteiger charge is 2.31. The predicted octanol–water partition coefficient (Wildman–Crippen LogP) is 0.527. The van der Waals surface area contributed by atoms with E-state index in [4.69, 9.17) is 4.74 Å². The van der Waals surface area contributed by atoms with E-state index >= 15 is 0 Å². The molecule has 0 radical (unpaired) electrons. The summed E-state index contributed by atoms with van der Waals surface area (Å²) in [5.41, 5.74) is 0. The molecular weight excluding hydrogens is 316 g/mol. The first-order valence-corrected chi connectivity index (χ1v) is 8.73. The second-order valence-electron chi connectivity index (χ2n) is 4.47. The number of methoxy groups -OCH3 is 2. The van der Waals surface area contributed by atoms with Gasteiger partial charge >= 0.3 is 5.97 Å². The summed E-state index contributed by atoms with van der Waals surface area (Å²) in [5, 5.41) is 3.15. The minimum atomic E-state index is -3.67. The van der Waals surface area contributed by atoms with Gasteiger partial charge < -0.3 is 14.8 Å². The van der Waals surface area contributed by atoms with Gasteiger partial charge in [-0.25, -0.2) is 13.2 Å². The van der Waals surface area contributed by atoms with Crippen LogP contribution in [0, 0.1) is 0 Å². The Bertz CT molecular complexity index is 603. The van der Waals surface area contributed by atoms with Crippen LogP contribution in [-0.4, -0.2) is 59.1 Å². The first-order valence-electron chi connectivity index (χ1n) is 6.47. The van der Waals surface area contributed by atoms with Crippen LogP contribution in [0.25, 0.3) is 0 Å². The maximum Gasteiger partial charge on any atom is 0.348 e. The lowest BCUT2D eigenvalue weighted by Crippen LogP contribution is -2.33. The zero-order valence-corrected chi connectivity index (χ0v) is 13.6. The molecule has 0 saturated carbocycles. The van der Waals surface area contributed by atoms with E-state index in [1.165, 1.54) is 24.6 Å². The lowest BCUT2D eigenvalue weighted by atomic mass is 10.4. The van der Waals surface area contributed by atoms with E-state index in [0.29, 0.717) is 19.6 Å². The Morgan fingerprint density at radius 2 is 2.10 bits per heavy atom. The number of ether oxygens (including phenoxy) is 2. The van der Waals surface area contributed by atoms with Crippen LogP contribution in [0.4, 0.5) is 0 Å². The summed E-state index contributed by atoms with van der Waals surface area (Å²) in [6.45, 7) is 2.25. The third kappa shape index (κ3) is 3.37. The normalized spacial score (nSPS) is 17.2. The molecular formula is C12H18N2O5S2. The summed E-state index contributed by atoms with van der Waals surface area (Å²) in [6.07, 6.45) is 0.747. The van der Waals surface area contributed by atoms with Gasteiger partial charge in [-0.1, -0.05) is 0 Å². The second kappa shape index (κ2) is 6.73. The van der Waals surface area contributed by atoms with Crippen LogP contribution >= 0.6 is 11.3 Å². The first kappa shape index (κ1) is 16.2. The molecule has 0 aromatic carbocycles. The number of nitrogens with one attached hydrogen (secondary N) is 1. The van der Waals surface area contributed by atoms with Gasteiger partial charge in [-0.05, 0) is 13.0 Å². The van der Waals surface area contributed by atoms with Crippen molar-refractivity contribution in [3.8, 4) is 5.75 Å². The largest absolute Gasteiger partial charge is 0.494 e. The molecule has 1 N–H and O–H groups in total. The molecule has 2 rings (SSSR count). The van der Waals surface area contributed by atoms with E-state index in [1.807, 2.05) is 0 Å². The van der Waals surface area contributed by atoms with Crippen LogP contribution in [0.15, 0.2) is 10.3 Å². The molecule has 0 bridgehead atoms. The molecule has 1 fully saturated rings. The highest BCUT2D eigenvalue weighted by Crippen LogP contribution is 2.36. The Labute approximate surface area is 127 Å². The number of nitrogens with zero attached hydrogens (tertiary/aromatic N) is 1. The van der Waals surface area contributed by atoms with Crippen LogP contribution in [0.3, 0.4) is 0 Å². The van der Waals surface area contributed by atoms with Crippen molar-refractivity contribution >= 4 is 27.3 Å². The van der Waals surface area contributed by atoms with Crippen LogP contribution in [0.2, 0.25) is 0 Å². The molecule has 1 aliphatic heterocycles. The van der Waals surface area contributed by atoms with Crippen molar-refractivity contribution < 1.29 is 22.7 Å². The van der Waals surface area contributed by atoms with Gasteiger partial charge in [0.2, 0.25) is 0 Å². The summed E-state index contributed by atoms with van der Waals surface area (Å²) in [5.74, 6) is -0.394. The molecule has 1 aromatic rings. The topological polar surface area (TPSA) is 84.9 Å². The summed E-state index contributed by atoms with van der Waals surface area (Å²) >= 11 is 0.875. The van der Waals surface area contributed by atoms with Crippen LogP contribution in [0.5, 0.6) is 5.75 Å². The monoisotopic (exact) mass is 334 g/mol. The van der Waals surface area contributed by atoms with Gasteiger partial charge in [0.25, 0.3) is 10.0 Å². The van der Waals surface area contributed by atoms with Crippen molar-refractivity contribution in [1.82, 2.24) is 9.62 Å². The average Bonchev–Trinajstić information content (AvgIpc) is 2.73. The van der Waals surface area contributed by atoms with Crippen molar-refractivity contribution in [2.24, 2.45) is 0 Å². The quantitative estimate of drug-likeness (QED) is 0.809. The highest BCUT2D eigenvalue weighted by molar-refractivity contribution is 7.91. The zero-order valence-electron chi connectivity index (χ0n) is 11.9. The minimum Gasteiger partial charge on any atom is -0.494 e. The van der Waals surface area contributed by atoms with Crippen molar-refractivity contribution in [3.63, 3.8) is 0 Å². The third-order valence-electron chi connectivity index (χ3n) is 3.15. The van der Waals surface area contributed by atoms with Gasteiger partial charge in [0.05, 0.1) is 14.2 Å². The van der Waals surface area contributed by atoms with Gasteiger partial charge in [-0.15, -0.1) is 11.3 Å². The maximum atomic E-state index is 12.7. The Kier molecular flexibility index (Phi) is 5.20. The fourth-order valence-corrected chi connectivity index (χ4v) is 5.17. The number of thiophene rings is 1. The van der Waals surface area contributed by atoms with E-state index in [-0.39, 0.29) is 14.8 Å². The van der Waals surface area contributed by atoms with Crippen molar-refractivity contribution in [1.29, 1.82) is 0 Å². The molecule has 1 aromatic heterocycles. The van der Waals surface area contributed by atoms with Gasteiger partial charge in [-0.3, -0.25) is 0 Å². The van der Waals surface area contributed by atoms with Gasteiger partial charge in [0, 0.05) is 25.7 Å². The number of carbonyl (C=O) groups excluding carboxylic acids is 1. The Morgan fingerprint density at radius 3 is 2.76 bits per heavy atom. The number of hydrogen-bond acceptors (Lipinski definition) is 7. The second-order valence-corrected chi connectivity index (χ2v) is 7.65. The molecule has 1 aliphatic rings. The summed E-state index contributed by atoms with van der Waals surface area (Å²) in [4.78, 5) is 11.8. The highest BCUT2D eigenvalue weighted by atomic mass is 32.2. The Morgan fingerprint density at radius 1 is 1.33 bits per heavy atom. The van der Waals surface area contributed by atoms with Gasteiger partial charge in [0.1, 0.15) is 4.88 Å². The van der Waals surface area contributed by atoms with E-state index in [9.17, 15) is 13.2 Å². The number of hydrogen-bond donors (Lipinski definition) is 1. The molecule has 0 atom stereocenters. The fraction of sp³-hybridized carbons (Fsp3) is 0.583. The van der Waals surface area contributed by atoms with Crippen molar-refractivity contribution in [3.05, 3.63) is 10.9 Å². The van der Waals surface area contributed by atoms with Crippen molar-refractivity contribution in [2.45, 2.75) is 10.6 Å². The number of carbonyl (C=O) groups is 1. The van der Waals surface area contributed by atoms with Crippen molar-refractivity contribution in [2.75, 3.05) is 40.4 Å². The lowest BCUT2D eigenvalue weighted by Gasteiger charge is -2.19. The molecule has 9 heteroatoms. The molecule has 2 heterocycles.